The van der Waals surface area contributed by atoms with E-state index in [1.54, 1.807) is 22.8 Å². The Balaban J connectivity index is 2.05. The van der Waals surface area contributed by atoms with Crippen molar-refractivity contribution in [1.29, 1.82) is 0 Å². The molecular formula is C14H11N7O2S. The van der Waals surface area contributed by atoms with E-state index in [2.05, 4.69) is 30.7 Å². The van der Waals surface area contributed by atoms with Crippen molar-refractivity contribution in [2.45, 2.75) is 4.90 Å². The van der Waals surface area contributed by atoms with Gasteiger partial charge in [-0.1, -0.05) is 12.1 Å². The highest BCUT2D eigenvalue weighted by Crippen LogP contribution is 2.35. The Labute approximate surface area is 136 Å². The van der Waals surface area contributed by atoms with Crippen molar-refractivity contribution in [2.75, 3.05) is 6.26 Å². The maximum Gasteiger partial charge on any atom is 0.181 e. The molecule has 4 rings (SSSR count). The van der Waals surface area contributed by atoms with Gasteiger partial charge in [-0.3, -0.25) is 0 Å². The topological polar surface area (TPSA) is 119 Å². The van der Waals surface area contributed by atoms with Gasteiger partial charge in [-0.15, -0.1) is 5.10 Å². The average Bonchev–Trinajstić information content (AvgIpc) is 3.24. The van der Waals surface area contributed by atoms with Crippen LogP contribution in [-0.4, -0.2) is 49.9 Å². The first kappa shape index (κ1) is 14.5. The van der Waals surface area contributed by atoms with Gasteiger partial charge < -0.3 is 0 Å². The van der Waals surface area contributed by atoms with Gasteiger partial charge in [0.2, 0.25) is 0 Å². The lowest BCUT2D eigenvalue weighted by molar-refractivity contribution is 0.602. The highest BCUT2D eigenvalue weighted by atomic mass is 32.2. The van der Waals surface area contributed by atoms with Gasteiger partial charge in [0.1, 0.15) is 6.33 Å². The number of tetrazole rings is 1. The summed E-state index contributed by atoms with van der Waals surface area (Å²) in [5.41, 5.74) is 2.56. The molecule has 24 heavy (non-hydrogen) atoms. The lowest BCUT2D eigenvalue weighted by Crippen LogP contribution is -2.03. The molecule has 0 saturated heterocycles. The van der Waals surface area contributed by atoms with E-state index in [-0.39, 0.29) is 10.7 Å². The monoisotopic (exact) mass is 341 g/mol. The number of hydrogen-bond acceptors (Lipinski definition) is 7. The smallest absolute Gasteiger partial charge is 0.181 e. The Morgan fingerprint density at radius 2 is 2.04 bits per heavy atom. The Bertz CT molecular complexity index is 1130. The summed E-state index contributed by atoms with van der Waals surface area (Å²) in [5.74, 6) is 0.282. The van der Waals surface area contributed by atoms with Crippen LogP contribution in [0.5, 0.6) is 0 Å². The number of nitrogens with one attached hydrogen (secondary N) is 1. The fraction of sp³-hybridized carbons (Fsp3) is 0.0714. The minimum absolute atomic E-state index is 0.150. The Hall–Kier alpha value is -3.14. The lowest BCUT2D eigenvalue weighted by atomic mass is 10.0. The Morgan fingerprint density at radius 1 is 1.17 bits per heavy atom. The normalized spacial score (nSPS) is 11.9. The number of aromatic nitrogens is 7. The van der Waals surface area contributed by atoms with E-state index in [1.165, 1.54) is 12.4 Å². The molecule has 0 unspecified atom stereocenters. The first-order valence-corrected chi connectivity index (χ1v) is 8.80. The zero-order valence-electron chi connectivity index (χ0n) is 12.4. The van der Waals surface area contributed by atoms with Crippen LogP contribution in [0.25, 0.3) is 28.2 Å². The van der Waals surface area contributed by atoms with E-state index in [1.807, 2.05) is 12.1 Å². The first-order chi connectivity index (χ1) is 11.5. The van der Waals surface area contributed by atoms with Crippen LogP contribution in [0.2, 0.25) is 0 Å². The van der Waals surface area contributed by atoms with Crippen molar-refractivity contribution in [3.05, 3.63) is 42.9 Å². The Morgan fingerprint density at radius 3 is 2.79 bits per heavy atom. The van der Waals surface area contributed by atoms with E-state index in [9.17, 15) is 8.42 Å². The van der Waals surface area contributed by atoms with Crippen LogP contribution in [0.3, 0.4) is 0 Å². The molecule has 4 aromatic rings. The van der Waals surface area contributed by atoms with Gasteiger partial charge in [-0.25, -0.2) is 23.0 Å². The van der Waals surface area contributed by atoms with Crippen molar-refractivity contribution in [3.8, 4) is 22.5 Å². The third-order valence-corrected chi connectivity index (χ3v) is 4.73. The molecule has 0 aliphatic carbocycles. The number of sulfone groups is 1. The summed E-state index contributed by atoms with van der Waals surface area (Å²) in [4.78, 5) is 4.25. The minimum atomic E-state index is -3.47. The molecule has 0 aliphatic rings. The summed E-state index contributed by atoms with van der Waals surface area (Å²) in [6, 6.07) is 8.68. The third kappa shape index (κ3) is 2.33. The second-order valence-corrected chi connectivity index (χ2v) is 7.17. The van der Waals surface area contributed by atoms with Crippen LogP contribution in [0.4, 0.5) is 0 Å². The van der Waals surface area contributed by atoms with E-state index < -0.39 is 9.84 Å². The summed E-state index contributed by atoms with van der Waals surface area (Å²) >= 11 is 0. The van der Waals surface area contributed by atoms with Crippen molar-refractivity contribution >= 4 is 15.5 Å². The number of pyridine rings is 1. The molecule has 0 spiro atoms. The van der Waals surface area contributed by atoms with Crippen LogP contribution in [-0.2, 0) is 9.84 Å². The van der Waals surface area contributed by atoms with Gasteiger partial charge in [0.15, 0.2) is 21.3 Å². The molecule has 3 aromatic heterocycles. The van der Waals surface area contributed by atoms with Crippen LogP contribution in [0, 0.1) is 0 Å². The SMILES string of the molecule is CS(=O)(=O)c1cccc(-c2ccc3ncnn3c2)c1-c1nnn[nH]1. The van der Waals surface area contributed by atoms with E-state index in [0.717, 1.165) is 11.8 Å². The van der Waals surface area contributed by atoms with Gasteiger partial charge in [0, 0.05) is 23.6 Å². The first-order valence-electron chi connectivity index (χ1n) is 6.91. The van der Waals surface area contributed by atoms with Gasteiger partial charge in [0.05, 0.1) is 4.90 Å². The summed E-state index contributed by atoms with van der Waals surface area (Å²) in [7, 11) is -3.47. The van der Waals surface area contributed by atoms with Crippen LogP contribution >= 0.6 is 0 Å². The molecule has 9 nitrogen and oxygen atoms in total. The second-order valence-electron chi connectivity index (χ2n) is 5.18. The van der Waals surface area contributed by atoms with Crippen molar-refractivity contribution in [3.63, 3.8) is 0 Å². The van der Waals surface area contributed by atoms with Gasteiger partial charge >= 0.3 is 0 Å². The quantitative estimate of drug-likeness (QED) is 0.590. The molecule has 1 aromatic carbocycles. The van der Waals surface area contributed by atoms with Gasteiger partial charge in [0.25, 0.3) is 0 Å². The van der Waals surface area contributed by atoms with E-state index in [0.29, 0.717) is 16.8 Å². The zero-order valence-corrected chi connectivity index (χ0v) is 13.3. The van der Waals surface area contributed by atoms with Crippen molar-refractivity contribution in [1.82, 2.24) is 35.2 Å². The van der Waals surface area contributed by atoms with E-state index >= 15 is 0 Å². The molecule has 1 N–H and O–H groups in total. The molecular weight excluding hydrogens is 330 g/mol. The molecule has 0 fully saturated rings. The number of aromatic amines is 1. The molecule has 0 radical (unpaired) electrons. The lowest BCUT2D eigenvalue weighted by Gasteiger charge is -2.11. The number of fused-ring (bicyclic) bond motifs is 1. The second kappa shape index (κ2) is 5.20. The third-order valence-electron chi connectivity index (χ3n) is 3.59. The molecule has 120 valence electrons. The number of hydrogen-bond donors (Lipinski definition) is 1. The molecule has 3 heterocycles. The maximum atomic E-state index is 12.2. The number of H-pyrrole nitrogens is 1. The highest BCUT2D eigenvalue weighted by molar-refractivity contribution is 7.90. The number of rotatable bonds is 3. The van der Waals surface area contributed by atoms with E-state index in [4.69, 9.17) is 0 Å². The standard InChI is InChI=1S/C14H11N7O2S/c1-24(22,23)11-4-2-3-10(13(11)14-17-19-20-18-14)9-5-6-12-15-8-16-21(12)7-9/h2-8H,1H3,(H,17,18,19,20). The van der Waals surface area contributed by atoms with Crippen LogP contribution < -0.4 is 0 Å². The minimum Gasteiger partial charge on any atom is -0.239 e. The maximum absolute atomic E-state index is 12.2. The fourth-order valence-electron chi connectivity index (χ4n) is 2.57. The highest BCUT2D eigenvalue weighted by Gasteiger charge is 2.21. The van der Waals surface area contributed by atoms with Crippen molar-refractivity contribution < 1.29 is 8.42 Å². The largest absolute Gasteiger partial charge is 0.239 e. The predicted molar refractivity (Wildman–Crippen MR) is 84.7 cm³/mol. The van der Waals surface area contributed by atoms with Crippen molar-refractivity contribution in [2.24, 2.45) is 0 Å². The summed E-state index contributed by atoms with van der Waals surface area (Å²) in [6.45, 7) is 0. The average molecular weight is 341 g/mol. The molecule has 0 saturated carbocycles. The zero-order chi connectivity index (χ0) is 16.7. The van der Waals surface area contributed by atoms with Gasteiger partial charge in [-0.2, -0.15) is 5.10 Å². The van der Waals surface area contributed by atoms with Crippen LogP contribution in [0.1, 0.15) is 0 Å². The summed E-state index contributed by atoms with van der Waals surface area (Å²) in [6.07, 6.45) is 4.38. The molecule has 0 bridgehead atoms. The summed E-state index contributed by atoms with van der Waals surface area (Å²) in [5, 5.41) is 17.7. The molecule has 0 aliphatic heterocycles. The number of benzene rings is 1. The Kier molecular flexibility index (Phi) is 3.13. The molecule has 0 amide bonds. The summed E-state index contributed by atoms with van der Waals surface area (Å²) < 4.78 is 26.0. The molecule has 0 atom stereocenters. The number of nitrogens with zero attached hydrogens (tertiary/aromatic N) is 6. The van der Waals surface area contributed by atoms with Crippen LogP contribution in [0.15, 0.2) is 47.8 Å². The fourth-order valence-corrected chi connectivity index (χ4v) is 3.47. The predicted octanol–water partition coefficient (Wildman–Crippen LogP) is 0.980. The molecule has 10 heteroatoms. The van der Waals surface area contributed by atoms with Gasteiger partial charge in [-0.05, 0) is 34.2 Å².